The lowest BCUT2D eigenvalue weighted by Gasteiger charge is -2.37. The molecule has 0 aliphatic carbocycles. The first kappa shape index (κ1) is 12.2. The molecule has 0 aromatic carbocycles. The molecule has 5 nitrogen and oxygen atoms in total. The highest BCUT2D eigenvalue weighted by molar-refractivity contribution is 8.00. The van der Waals surface area contributed by atoms with E-state index >= 15 is 0 Å². The first-order valence-corrected chi connectivity index (χ1v) is 6.09. The first-order chi connectivity index (χ1) is 7.25. The zero-order chi connectivity index (χ0) is 11.1. The Hall–Kier alpha value is -0.890. The van der Waals surface area contributed by atoms with Gasteiger partial charge in [0.1, 0.15) is 5.54 Å². The lowest BCUT2D eigenvalue weighted by Crippen LogP contribution is -2.53. The molecule has 1 N–H and O–H groups in total. The molecule has 0 spiro atoms. The van der Waals surface area contributed by atoms with Crippen molar-refractivity contribution in [3.8, 4) is 6.07 Å². The van der Waals surface area contributed by atoms with Crippen LogP contribution in [-0.4, -0.2) is 29.6 Å². The van der Waals surface area contributed by atoms with Crippen LogP contribution in [0.4, 0.5) is 0 Å². The molecule has 0 saturated carbocycles. The molecule has 1 fully saturated rings. The molecule has 15 heavy (non-hydrogen) atoms. The molecular weight excluding hydrogens is 210 g/mol. The lowest BCUT2D eigenvalue weighted by molar-refractivity contribution is 0.375. The third-order valence-corrected chi connectivity index (χ3v) is 4.12. The minimum Gasteiger partial charge on any atom is -0.298 e. The summed E-state index contributed by atoms with van der Waals surface area (Å²) >= 11 is 1.82. The van der Waals surface area contributed by atoms with Gasteiger partial charge in [-0.2, -0.15) is 17.0 Å². The van der Waals surface area contributed by atoms with E-state index < -0.39 is 5.54 Å². The van der Waals surface area contributed by atoms with Gasteiger partial charge in [0, 0.05) is 23.3 Å². The van der Waals surface area contributed by atoms with Crippen molar-refractivity contribution in [1.82, 2.24) is 5.32 Å². The number of hydrogen-bond donors (Lipinski definition) is 1. The van der Waals surface area contributed by atoms with Crippen molar-refractivity contribution >= 4 is 11.8 Å². The Morgan fingerprint density at radius 2 is 2.60 bits per heavy atom. The molecule has 1 aliphatic heterocycles. The van der Waals surface area contributed by atoms with Crippen LogP contribution in [0, 0.1) is 11.3 Å². The van der Waals surface area contributed by atoms with Gasteiger partial charge in [0.05, 0.1) is 6.07 Å². The van der Waals surface area contributed by atoms with Crippen LogP contribution in [0.1, 0.15) is 19.8 Å². The van der Waals surface area contributed by atoms with Crippen LogP contribution < -0.4 is 5.32 Å². The van der Waals surface area contributed by atoms with Crippen LogP contribution in [0.5, 0.6) is 0 Å². The van der Waals surface area contributed by atoms with Gasteiger partial charge in [0.15, 0.2) is 0 Å². The number of azide groups is 1. The Bertz CT molecular complexity index is 293. The molecule has 2 unspecified atom stereocenters. The first-order valence-electron chi connectivity index (χ1n) is 5.04. The van der Waals surface area contributed by atoms with Crippen LogP contribution in [0.25, 0.3) is 10.4 Å². The molecule has 1 heterocycles. The Morgan fingerprint density at radius 1 is 1.80 bits per heavy atom. The average molecular weight is 225 g/mol. The third kappa shape index (κ3) is 3.03. The molecule has 1 aliphatic rings. The standard InChI is InChI=1S/C9H15N5S/c1-8-9(7-10,3-2-6-15-8)12-4-5-13-14-11/h8,12H,2-6H2,1H3. The molecule has 82 valence electrons. The summed E-state index contributed by atoms with van der Waals surface area (Å²) < 4.78 is 0. The molecular formula is C9H15N5S. The highest BCUT2D eigenvalue weighted by Gasteiger charge is 2.38. The van der Waals surface area contributed by atoms with E-state index in [0.717, 1.165) is 18.6 Å². The minimum atomic E-state index is -0.437. The Morgan fingerprint density at radius 3 is 3.20 bits per heavy atom. The summed E-state index contributed by atoms with van der Waals surface area (Å²) in [6, 6.07) is 2.38. The zero-order valence-corrected chi connectivity index (χ0v) is 9.63. The minimum absolute atomic E-state index is 0.294. The second-order valence-electron chi connectivity index (χ2n) is 3.58. The topological polar surface area (TPSA) is 84.6 Å². The molecule has 0 aromatic heterocycles. The summed E-state index contributed by atoms with van der Waals surface area (Å²) in [5.41, 5.74) is 7.70. The van der Waals surface area contributed by atoms with Crippen molar-refractivity contribution in [2.45, 2.75) is 30.6 Å². The van der Waals surface area contributed by atoms with Gasteiger partial charge < -0.3 is 0 Å². The summed E-state index contributed by atoms with van der Waals surface area (Å²) in [4.78, 5) is 2.68. The van der Waals surface area contributed by atoms with Crippen LogP contribution in [0.2, 0.25) is 0 Å². The maximum absolute atomic E-state index is 9.24. The fourth-order valence-electron chi connectivity index (χ4n) is 1.75. The second-order valence-corrected chi connectivity index (χ2v) is 5.03. The van der Waals surface area contributed by atoms with Crippen molar-refractivity contribution in [2.75, 3.05) is 18.8 Å². The Balaban J connectivity index is 2.52. The zero-order valence-electron chi connectivity index (χ0n) is 8.81. The maximum atomic E-state index is 9.24. The third-order valence-electron chi connectivity index (χ3n) is 2.69. The predicted octanol–water partition coefficient (Wildman–Crippen LogP) is 2.06. The van der Waals surface area contributed by atoms with E-state index in [4.69, 9.17) is 5.53 Å². The van der Waals surface area contributed by atoms with Gasteiger partial charge in [-0.05, 0) is 24.1 Å². The fourth-order valence-corrected chi connectivity index (χ4v) is 2.95. The number of rotatable bonds is 4. The number of nitrogens with zero attached hydrogens (tertiary/aromatic N) is 4. The number of nitrogens with one attached hydrogen (secondary N) is 1. The largest absolute Gasteiger partial charge is 0.298 e. The van der Waals surface area contributed by atoms with Gasteiger partial charge in [0.25, 0.3) is 0 Å². The molecule has 0 radical (unpaired) electrons. The van der Waals surface area contributed by atoms with E-state index in [9.17, 15) is 5.26 Å². The van der Waals surface area contributed by atoms with Crippen molar-refractivity contribution in [3.63, 3.8) is 0 Å². The van der Waals surface area contributed by atoms with Gasteiger partial charge in [0.2, 0.25) is 0 Å². The van der Waals surface area contributed by atoms with Gasteiger partial charge >= 0.3 is 0 Å². The average Bonchev–Trinajstić information content (AvgIpc) is 2.27. The van der Waals surface area contributed by atoms with Gasteiger partial charge in [-0.1, -0.05) is 12.0 Å². The van der Waals surface area contributed by atoms with E-state index in [1.54, 1.807) is 0 Å². The highest BCUT2D eigenvalue weighted by Crippen LogP contribution is 2.33. The summed E-state index contributed by atoms with van der Waals surface area (Å²) in [5.74, 6) is 1.13. The van der Waals surface area contributed by atoms with Crippen LogP contribution >= 0.6 is 11.8 Å². The molecule has 0 aromatic rings. The molecule has 6 heteroatoms. The summed E-state index contributed by atoms with van der Waals surface area (Å²) in [6.45, 7) is 3.05. The number of hydrogen-bond acceptors (Lipinski definition) is 4. The van der Waals surface area contributed by atoms with Gasteiger partial charge in [-0.15, -0.1) is 0 Å². The molecule has 1 rings (SSSR count). The maximum Gasteiger partial charge on any atom is 0.118 e. The van der Waals surface area contributed by atoms with E-state index in [2.05, 4.69) is 28.3 Å². The number of thioether (sulfide) groups is 1. The monoisotopic (exact) mass is 225 g/mol. The Kier molecular flexibility index (Phi) is 4.76. The van der Waals surface area contributed by atoms with E-state index in [0.29, 0.717) is 18.3 Å². The highest BCUT2D eigenvalue weighted by atomic mass is 32.2. The van der Waals surface area contributed by atoms with Crippen LogP contribution in [0.15, 0.2) is 5.11 Å². The van der Waals surface area contributed by atoms with E-state index in [1.165, 1.54) is 0 Å². The normalized spacial score (nSPS) is 30.3. The quantitative estimate of drug-likeness (QED) is 0.344. The lowest BCUT2D eigenvalue weighted by atomic mass is 9.91. The SMILES string of the molecule is CC1SCCCC1(C#N)NCCN=[N+]=[N-]. The predicted molar refractivity (Wildman–Crippen MR) is 61.5 cm³/mol. The molecule has 0 bridgehead atoms. The van der Waals surface area contributed by atoms with Crippen molar-refractivity contribution in [1.29, 1.82) is 5.26 Å². The van der Waals surface area contributed by atoms with Crippen LogP contribution in [-0.2, 0) is 0 Å². The summed E-state index contributed by atoms with van der Waals surface area (Å²) in [6.07, 6.45) is 1.95. The van der Waals surface area contributed by atoms with Crippen molar-refractivity contribution in [2.24, 2.45) is 5.11 Å². The van der Waals surface area contributed by atoms with Crippen LogP contribution in [0.3, 0.4) is 0 Å². The molecule has 2 atom stereocenters. The number of nitriles is 1. The Labute approximate surface area is 93.9 Å². The van der Waals surface area contributed by atoms with Crippen molar-refractivity contribution in [3.05, 3.63) is 10.4 Å². The summed E-state index contributed by atoms with van der Waals surface area (Å²) in [7, 11) is 0. The summed E-state index contributed by atoms with van der Waals surface area (Å²) in [5, 5.41) is 16.2. The van der Waals surface area contributed by atoms with E-state index in [-0.39, 0.29) is 0 Å². The smallest absolute Gasteiger partial charge is 0.118 e. The fraction of sp³-hybridized carbons (Fsp3) is 0.889. The van der Waals surface area contributed by atoms with E-state index in [1.807, 2.05) is 11.8 Å². The van der Waals surface area contributed by atoms with Gasteiger partial charge in [-0.3, -0.25) is 5.32 Å². The molecule has 0 amide bonds. The van der Waals surface area contributed by atoms with Crippen molar-refractivity contribution < 1.29 is 0 Å². The molecule has 1 saturated heterocycles. The van der Waals surface area contributed by atoms with Gasteiger partial charge in [-0.25, -0.2) is 0 Å². The second kappa shape index (κ2) is 5.86.